The fraction of sp³-hybridized carbons (Fsp3) is 0.118. The Hall–Kier alpha value is -2.39. The average molecular weight is 264 g/mol. The molecule has 0 aliphatic carbocycles. The molecule has 0 aliphatic heterocycles. The van der Waals surface area contributed by atoms with Gasteiger partial charge in [-0.25, -0.2) is 0 Å². The molecular formula is C17H16N2O. The van der Waals surface area contributed by atoms with Gasteiger partial charge >= 0.3 is 0 Å². The summed E-state index contributed by atoms with van der Waals surface area (Å²) in [7, 11) is 1.66. The summed E-state index contributed by atoms with van der Waals surface area (Å²) in [5, 5.41) is 1.13. The third-order valence-electron chi connectivity index (χ3n) is 3.44. The Balaban J connectivity index is 2.21. The second-order valence-corrected chi connectivity index (χ2v) is 4.61. The van der Waals surface area contributed by atoms with E-state index < -0.39 is 0 Å². The second kappa shape index (κ2) is 5.31. The van der Waals surface area contributed by atoms with Crippen LogP contribution in [-0.4, -0.2) is 12.1 Å². The summed E-state index contributed by atoms with van der Waals surface area (Å²) in [6, 6.07) is 16.3. The van der Waals surface area contributed by atoms with Crippen LogP contribution < -0.4 is 10.5 Å². The number of nitrogens with zero attached hydrogens (tertiary/aromatic N) is 1. The van der Waals surface area contributed by atoms with Gasteiger partial charge in [-0.05, 0) is 23.8 Å². The van der Waals surface area contributed by atoms with Crippen molar-refractivity contribution in [3.05, 3.63) is 60.3 Å². The number of aromatic nitrogens is 1. The number of hydrogen-bond donors (Lipinski definition) is 1. The highest BCUT2D eigenvalue weighted by Gasteiger charge is 2.08. The van der Waals surface area contributed by atoms with Crippen molar-refractivity contribution in [3.63, 3.8) is 0 Å². The molecule has 100 valence electrons. The van der Waals surface area contributed by atoms with E-state index >= 15 is 0 Å². The predicted molar refractivity (Wildman–Crippen MR) is 81.6 cm³/mol. The van der Waals surface area contributed by atoms with Crippen molar-refractivity contribution < 1.29 is 4.74 Å². The van der Waals surface area contributed by atoms with Crippen LogP contribution in [0.25, 0.3) is 22.0 Å². The summed E-state index contributed by atoms with van der Waals surface area (Å²) in [4.78, 5) is 4.49. The molecule has 3 nitrogen and oxygen atoms in total. The molecule has 3 heteroatoms. The first-order chi connectivity index (χ1) is 9.83. The molecule has 0 spiro atoms. The van der Waals surface area contributed by atoms with E-state index in [9.17, 15) is 0 Å². The summed E-state index contributed by atoms with van der Waals surface area (Å²) >= 11 is 0. The SMILES string of the molecule is COc1ccc(-c2cccc3cccnc23)cc1CN. The van der Waals surface area contributed by atoms with Crippen molar-refractivity contribution in [1.29, 1.82) is 0 Å². The Kier molecular flexibility index (Phi) is 3.35. The van der Waals surface area contributed by atoms with Gasteiger partial charge in [0.05, 0.1) is 12.6 Å². The van der Waals surface area contributed by atoms with E-state index in [0.717, 1.165) is 33.3 Å². The molecule has 0 fully saturated rings. The maximum Gasteiger partial charge on any atom is 0.123 e. The highest BCUT2D eigenvalue weighted by molar-refractivity contribution is 5.93. The zero-order valence-electron chi connectivity index (χ0n) is 11.3. The maximum absolute atomic E-state index is 5.79. The molecule has 0 aliphatic rings. The van der Waals surface area contributed by atoms with Gasteiger partial charge in [-0.15, -0.1) is 0 Å². The Morgan fingerprint density at radius 2 is 1.95 bits per heavy atom. The summed E-state index contributed by atoms with van der Waals surface area (Å²) < 4.78 is 5.32. The smallest absolute Gasteiger partial charge is 0.123 e. The van der Waals surface area contributed by atoms with Crippen molar-refractivity contribution >= 4 is 10.9 Å². The van der Waals surface area contributed by atoms with Gasteiger partial charge in [0.1, 0.15) is 5.75 Å². The standard InChI is InChI=1S/C17H16N2O/c1-20-16-8-7-13(10-14(16)11-18)15-6-2-4-12-5-3-9-19-17(12)15/h2-10H,11,18H2,1H3. The largest absolute Gasteiger partial charge is 0.496 e. The second-order valence-electron chi connectivity index (χ2n) is 4.61. The first-order valence-corrected chi connectivity index (χ1v) is 6.54. The molecule has 0 amide bonds. The van der Waals surface area contributed by atoms with Crippen LogP contribution in [-0.2, 0) is 6.54 Å². The predicted octanol–water partition coefficient (Wildman–Crippen LogP) is 3.37. The van der Waals surface area contributed by atoms with E-state index in [1.54, 1.807) is 7.11 Å². The number of rotatable bonds is 3. The number of fused-ring (bicyclic) bond motifs is 1. The van der Waals surface area contributed by atoms with Crippen LogP contribution in [0.5, 0.6) is 5.75 Å². The van der Waals surface area contributed by atoms with Crippen LogP contribution in [0.1, 0.15) is 5.56 Å². The first kappa shape index (κ1) is 12.6. The van der Waals surface area contributed by atoms with E-state index in [0.29, 0.717) is 6.54 Å². The number of pyridine rings is 1. The molecule has 2 aromatic carbocycles. The molecule has 2 N–H and O–H groups in total. The number of para-hydroxylation sites is 1. The van der Waals surface area contributed by atoms with Crippen LogP contribution in [0.2, 0.25) is 0 Å². The van der Waals surface area contributed by atoms with E-state index in [-0.39, 0.29) is 0 Å². The number of nitrogens with two attached hydrogens (primary N) is 1. The Labute approximate surface area is 118 Å². The molecule has 0 radical (unpaired) electrons. The normalized spacial score (nSPS) is 10.7. The highest BCUT2D eigenvalue weighted by Crippen LogP contribution is 2.30. The highest BCUT2D eigenvalue weighted by atomic mass is 16.5. The lowest BCUT2D eigenvalue weighted by atomic mass is 9.99. The Bertz CT molecular complexity index is 748. The maximum atomic E-state index is 5.79. The fourth-order valence-corrected chi connectivity index (χ4v) is 2.44. The lowest BCUT2D eigenvalue weighted by Gasteiger charge is -2.10. The van der Waals surface area contributed by atoms with Crippen LogP contribution in [0.3, 0.4) is 0 Å². The minimum Gasteiger partial charge on any atom is -0.496 e. The van der Waals surface area contributed by atoms with Gasteiger partial charge in [0, 0.05) is 29.3 Å². The lowest BCUT2D eigenvalue weighted by molar-refractivity contribution is 0.410. The molecular weight excluding hydrogens is 248 g/mol. The molecule has 0 saturated carbocycles. The van der Waals surface area contributed by atoms with Crippen LogP contribution in [0.15, 0.2) is 54.7 Å². The van der Waals surface area contributed by atoms with Crippen molar-refractivity contribution in [2.45, 2.75) is 6.54 Å². The Morgan fingerprint density at radius 1 is 1.10 bits per heavy atom. The number of hydrogen-bond acceptors (Lipinski definition) is 3. The van der Waals surface area contributed by atoms with E-state index in [1.165, 1.54) is 0 Å². The summed E-state index contributed by atoms with van der Waals surface area (Å²) in [6.07, 6.45) is 1.82. The minimum atomic E-state index is 0.454. The minimum absolute atomic E-state index is 0.454. The fourth-order valence-electron chi connectivity index (χ4n) is 2.44. The van der Waals surface area contributed by atoms with Gasteiger partial charge in [0.25, 0.3) is 0 Å². The number of methoxy groups -OCH3 is 1. The molecule has 3 aromatic rings. The third-order valence-corrected chi connectivity index (χ3v) is 3.44. The Morgan fingerprint density at radius 3 is 2.75 bits per heavy atom. The van der Waals surface area contributed by atoms with Crippen molar-refractivity contribution in [1.82, 2.24) is 4.98 Å². The van der Waals surface area contributed by atoms with E-state index in [1.807, 2.05) is 30.5 Å². The monoisotopic (exact) mass is 264 g/mol. The van der Waals surface area contributed by atoms with Crippen molar-refractivity contribution in [3.8, 4) is 16.9 Å². The molecule has 0 unspecified atom stereocenters. The van der Waals surface area contributed by atoms with Gasteiger partial charge < -0.3 is 10.5 Å². The quantitative estimate of drug-likeness (QED) is 0.789. The zero-order chi connectivity index (χ0) is 13.9. The topological polar surface area (TPSA) is 48.1 Å². The number of benzene rings is 2. The third kappa shape index (κ3) is 2.12. The van der Waals surface area contributed by atoms with Crippen molar-refractivity contribution in [2.75, 3.05) is 7.11 Å². The van der Waals surface area contributed by atoms with Gasteiger partial charge in [0.15, 0.2) is 0 Å². The summed E-state index contributed by atoms with van der Waals surface area (Å²) in [6.45, 7) is 0.454. The van der Waals surface area contributed by atoms with Crippen LogP contribution >= 0.6 is 0 Å². The lowest BCUT2D eigenvalue weighted by Crippen LogP contribution is -2.00. The van der Waals surface area contributed by atoms with Gasteiger partial charge in [0.2, 0.25) is 0 Å². The zero-order valence-corrected chi connectivity index (χ0v) is 11.3. The number of ether oxygens (including phenoxy) is 1. The van der Waals surface area contributed by atoms with E-state index in [4.69, 9.17) is 10.5 Å². The molecule has 0 atom stereocenters. The van der Waals surface area contributed by atoms with Crippen LogP contribution in [0.4, 0.5) is 0 Å². The molecule has 1 heterocycles. The van der Waals surface area contributed by atoms with E-state index in [2.05, 4.69) is 29.2 Å². The molecule has 0 bridgehead atoms. The van der Waals surface area contributed by atoms with Gasteiger partial charge in [-0.2, -0.15) is 0 Å². The van der Waals surface area contributed by atoms with Gasteiger partial charge in [-0.1, -0.05) is 30.3 Å². The molecule has 1 aromatic heterocycles. The summed E-state index contributed by atoms with van der Waals surface area (Å²) in [5.74, 6) is 0.824. The molecule has 3 rings (SSSR count). The average Bonchev–Trinajstić information content (AvgIpc) is 2.53. The molecule has 20 heavy (non-hydrogen) atoms. The molecule has 0 saturated heterocycles. The van der Waals surface area contributed by atoms with Crippen LogP contribution in [0, 0.1) is 0 Å². The summed E-state index contributed by atoms with van der Waals surface area (Å²) in [5.41, 5.74) is 10.0. The van der Waals surface area contributed by atoms with Crippen molar-refractivity contribution in [2.24, 2.45) is 5.73 Å². The first-order valence-electron chi connectivity index (χ1n) is 6.54. The van der Waals surface area contributed by atoms with Gasteiger partial charge in [-0.3, -0.25) is 4.98 Å².